The highest BCUT2D eigenvalue weighted by Crippen LogP contribution is 2.39. The van der Waals surface area contributed by atoms with E-state index in [4.69, 9.17) is 21.1 Å². The van der Waals surface area contributed by atoms with Crippen molar-refractivity contribution in [3.63, 3.8) is 0 Å². The van der Waals surface area contributed by atoms with Crippen LogP contribution in [0.5, 0.6) is 0 Å². The Hall–Kier alpha value is -1.90. The molecule has 0 N–H and O–H groups in total. The fraction of sp³-hybridized carbons (Fsp3) is 0.412. The standard InChI is InChI=1S/C17H22ClN3O4S/c1-5-24-16(22)20-15(19(3)4)11-14(12-7-9-13(18)10-8-12)26-21(20)17(23)25-6-2/h7-11,15H,5-6H2,1-4H3. The molecule has 142 valence electrons. The molecule has 0 bridgehead atoms. The summed E-state index contributed by atoms with van der Waals surface area (Å²) in [6.45, 7) is 3.81. The molecule has 1 aliphatic heterocycles. The predicted molar refractivity (Wildman–Crippen MR) is 102 cm³/mol. The quantitative estimate of drug-likeness (QED) is 0.711. The lowest BCUT2D eigenvalue weighted by Crippen LogP contribution is -2.57. The van der Waals surface area contributed by atoms with E-state index in [-0.39, 0.29) is 13.2 Å². The zero-order chi connectivity index (χ0) is 19.3. The van der Waals surface area contributed by atoms with Crippen molar-refractivity contribution >= 4 is 40.6 Å². The lowest BCUT2D eigenvalue weighted by molar-refractivity contribution is -0.0145. The highest BCUT2D eigenvalue weighted by molar-refractivity contribution is 8.06. The van der Waals surface area contributed by atoms with E-state index in [1.165, 1.54) is 9.42 Å². The van der Waals surface area contributed by atoms with Crippen LogP contribution in [0.3, 0.4) is 0 Å². The van der Waals surface area contributed by atoms with Gasteiger partial charge >= 0.3 is 12.2 Å². The van der Waals surface area contributed by atoms with Crippen molar-refractivity contribution in [1.29, 1.82) is 0 Å². The third-order valence-electron chi connectivity index (χ3n) is 3.47. The minimum atomic E-state index is -0.642. The van der Waals surface area contributed by atoms with Gasteiger partial charge in [0.05, 0.1) is 13.2 Å². The fourth-order valence-corrected chi connectivity index (χ4v) is 3.40. The molecule has 1 aliphatic rings. The molecule has 2 rings (SSSR count). The van der Waals surface area contributed by atoms with E-state index in [2.05, 4.69) is 0 Å². The number of carbonyl (C=O) groups excluding carboxylic acids is 2. The Kier molecular flexibility index (Phi) is 7.19. The molecule has 1 heterocycles. The minimum absolute atomic E-state index is 0.194. The number of benzene rings is 1. The van der Waals surface area contributed by atoms with Gasteiger partial charge in [-0.15, -0.1) is 4.41 Å². The van der Waals surface area contributed by atoms with Crippen molar-refractivity contribution < 1.29 is 19.1 Å². The summed E-state index contributed by atoms with van der Waals surface area (Å²) >= 11 is 7.06. The molecule has 0 fully saturated rings. The molecule has 0 radical (unpaired) electrons. The average molecular weight is 400 g/mol. The van der Waals surface area contributed by atoms with Gasteiger partial charge in [-0.25, -0.2) is 9.59 Å². The SMILES string of the molecule is CCOC(=O)N1SC(c2ccc(Cl)cc2)=CC(N(C)C)N1C(=O)OCC. The molecule has 0 aliphatic carbocycles. The number of ether oxygens (including phenoxy) is 2. The maximum atomic E-state index is 12.5. The van der Waals surface area contributed by atoms with E-state index >= 15 is 0 Å². The van der Waals surface area contributed by atoms with Crippen LogP contribution >= 0.6 is 23.5 Å². The Morgan fingerprint density at radius 3 is 2.23 bits per heavy atom. The van der Waals surface area contributed by atoms with Gasteiger partial charge in [0.25, 0.3) is 0 Å². The number of hydrogen-bond acceptors (Lipinski definition) is 6. The Morgan fingerprint density at radius 1 is 1.12 bits per heavy atom. The van der Waals surface area contributed by atoms with Crippen molar-refractivity contribution in [3.05, 3.63) is 40.9 Å². The molecule has 1 atom stereocenters. The predicted octanol–water partition coefficient (Wildman–Crippen LogP) is 4.06. The van der Waals surface area contributed by atoms with E-state index in [0.717, 1.165) is 22.4 Å². The number of halogens is 1. The molecule has 1 unspecified atom stereocenters. The highest BCUT2D eigenvalue weighted by Gasteiger charge is 2.40. The molecule has 0 saturated heterocycles. The van der Waals surface area contributed by atoms with Crippen LogP contribution in [-0.4, -0.2) is 60.0 Å². The van der Waals surface area contributed by atoms with Gasteiger partial charge in [-0.05, 0) is 51.7 Å². The maximum Gasteiger partial charge on any atom is 0.440 e. The van der Waals surface area contributed by atoms with Crippen molar-refractivity contribution in [2.24, 2.45) is 0 Å². The van der Waals surface area contributed by atoms with E-state index < -0.39 is 18.4 Å². The summed E-state index contributed by atoms with van der Waals surface area (Å²) in [6.07, 6.45) is 0.0982. The summed E-state index contributed by atoms with van der Waals surface area (Å²) in [4.78, 5) is 27.6. The van der Waals surface area contributed by atoms with Crippen LogP contribution in [0.4, 0.5) is 9.59 Å². The van der Waals surface area contributed by atoms with Gasteiger partial charge in [-0.3, -0.25) is 4.90 Å². The lowest BCUT2D eigenvalue weighted by Gasteiger charge is -2.42. The van der Waals surface area contributed by atoms with Crippen molar-refractivity contribution in [2.75, 3.05) is 27.3 Å². The summed E-state index contributed by atoms with van der Waals surface area (Å²) < 4.78 is 11.4. The van der Waals surface area contributed by atoms with Crippen molar-refractivity contribution in [3.8, 4) is 0 Å². The first-order valence-corrected chi connectivity index (χ1v) is 9.29. The number of amides is 2. The van der Waals surface area contributed by atoms with E-state index in [9.17, 15) is 9.59 Å². The molecule has 1 aromatic carbocycles. The Morgan fingerprint density at radius 2 is 1.69 bits per heavy atom. The first kappa shape index (κ1) is 20.4. The molecule has 0 spiro atoms. The Bertz CT molecular complexity index is 681. The van der Waals surface area contributed by atoms with Gasteiger partial charge in [-0.2, -0.15) is 5.01 Å². The third-order valence-corrected chi connectivity index (χ3v) is 4.79. The summed E-state index contributed by atoms with van der Waals surface area (Å²) in [5.74, 6) is 0. The molecule has 26 heavy (non-hydrogen) atoms. The highest BCUT2D eigenvalue weighted by atomic mass is 35.5. The van der Waals surface area contributed by atoms with Crippen LogP contribution in [0.2, 0.25) is 5.02 Å². The first-order chi connectivity index (χ1) is 12.4. The lowest BCUT2D eigenvalue weighted by atomic mass is 10.2. The normalized spacial score (nSPS) is 17.2. The number of nitrogens with zero attached hydrogens (tertiary/aromatic N) is 3. The molecule has 2 amide bonds. The van der Waals surface area contributed by atoms with Crippen LogP contribution in [0.1, 0.15) is 19.4 Å². The Balaban J connectivity index is 2.46. The van der Waals surface area contributed by atoms with Crippen LogP contribution in [0.25, 0.3) is 4.91 Å². The average Bonchev–Trinajstić information content (AvgIpc) is 2.61. The first-order valence-electron chi connectivity index (χ1n) is 8.14. The van der Waals surface area contributed by atoms with E-state index in [0.29, 0.717) is 5.02 Å². The smallest absolute Gasteiger partial charge is 0.440 e. The number of hydrazine groups is 1. The monoisotopic (exact) mass is 399 g/mol. The van der Waals surface area contributed by atoms with Crippen LogP contribution in [-0.2, 0) is 9.47 Å². The third kappa shape index (κ3) is 4.63. The van der Waals surface area contributed by atoms with Gasteiger partial charge < -0.3 is 9.47 Å². The number of rotatable bonds is 4. The number of carbonyl (C=O) groups is 2. The molecular formula is C17H22ClN3O4S. The molecule has 1 aromatic rings. The second-order valence-electron chi connectivity index (χ2n) is 5.52. The van der Waals surface area contributed by atoms with Crippen LogP contribution in [0.15, 0.2) is 30.3 Å². The molecule has 0 saturated carbocycles. The number of likely N-dealkylation sites (N-methyl/N-ethyl adjacent to an activating group) is 1. The molecular weight excluding hydrogens is 378 g/mol. The molecule has 0 aromatic heterocycles. The molecule has 9 heteroatoms. The zero-order valence-electron chi connectivity index (χ0n) is 15.1. The summed E-state index contributed by atoms with van der Waals surface area (Å²) in [7, 11) is 3.62. The van der Waals surface area contributed by atoms with Gasteiger partial charge in [0.2, 0.25) is 0 Å². The summed E-state index contributed by atoms with van der Waals surface area (Å²) in [5.41, 5.74) is 0.879. The summed E-state index contributed by atoms with van der Waals surface area (Å²) in [6, 6.07) is 7.26. The topological polar surface area (TPSA) is 62.3 Å². The van der Waals surface area contributed by atoms with Crippen LogP contribution in [0, 0.1) is 0 Å². The Labute approximate surface area is 162 Å². The second-order valence-corrected chi connectivity index (χ2v) is 6.93. The van der Waals surface area contributed by atoms with Gasteiger partial charge in [-0.1, -0.05) is 23.7 Å². The second kappa shape index (κ2) is 9.16. The van der Waals surface area contributed by atoms with Crippen molar-refractivity contribution in [2.45, 2.75) is 20.0 Å². The van der Waals surface area contributed by atoms with Gasteiger partial charge in [0, 0.05) is 21.9 Å². The van der Waals surface area contributed by atoms with Gasteiger partial charge in [0.15, 0.2) is 0 Å². The summed E-state index contributed by atoms with van der Waals surface area (Å²) in [5, 5.41) is 1.86. The largest absolute Gasteiger partial charge is 0.448 e. The van der Waals surface area contributed by atoms with Crippen LogP contribution < -0.4 is 0 Å². The maximum absolute atomic E-state index is 12.5. The minimum Gasteiger partial charge on any atom is -0.448 e. The fourth-order valence-electron chi connectivity index (χ4n) is 2.29. The number of hydrogen-bond donors (Lipinski definition) is 0. The van der Waals surface area contributed by atoms with E-state index in [1.807, 2.05) is 32.3 Å². The van der Waals surface area contributed by atoms with E-state index in [1.54, 1.807) is 30.9 Å². The van der Waals surface area contributed by atoms with Crippen molar-refractivity contribution in [1.82, 2.24) is 14.3 Å². The zero-order valence-corrected chi connectivity index (χ0v) is 16.7. The van der Waals surface area contributed by atoms with Gasteiger partial charge in [0.1, 0.15) is 6.17 Å². The molecule has 7 nitrogen and oxygen atoms in total.